The van der Waals surface area contributed by atoms with E-state index in [1.807, 2.05) is 30.3 Å². The van der Waals surface area contributed by atoms with E-state index < -0.39 is 0 Å². The van der Waals surface area contributed by atoms with Gasteiger partial charge in [-0.05, 0) is 36.6 Å². The Labute approximate surface area is 143 Å². The zero-order valence-electron chi connectivity index (χ0n) is 14.5. The first kappa shape index (κ1) is 16.4. The van der Waals surface area contributed by atoms with Crippen LogP contribution in [0.5, 0.6) is 11.5 Å². The van der Waals surface area contributed by atoms with Crippen LogP contribution in [0.4, 0.5) is 0 Å². The zero-order valence-corrected chi connectivity index (χ0v) is 14.5. The summed E-state index contributed by atoms with van der Waals surface area (Å²) in [6, 6.07) is 15.9. The van der Waals surface area contributed by atoms with E-state index in [-0.39, 0.29) is 0 Å². The van der Waals surface area contributed by atoms with Crippen LogP contribution in [0.1, 0.15) is 26.1 Å². The van der Waals surface area contributed by atoms with Crippen molar-refractivity contribution in [1.29, 1.82) is 0 Å². The lowest BCUT2D eigenvalue weighted by Gasteiger charge is -2.12. The van der Waals surface area contributed by atoms with Crippen molar-refractivity contribution in [3.63, 3.8) is 0 Å². The van der Waals surface area contributed by atoms with Gasteiger partial charge >= 0.3 is 0 Å². The quantitative estimate of drug-likeness (QED) is 0.633. The molecule has 0 radical (unpaired) electrons. The average molecular weight is 324 g/mol. The van der Waals surface area contributed by atoms with Crippen LogP contribution in [-0.2, 0) is 13.2 Å². The maximum Gasteiger partial charge on any atom is 0.147 e. The maximum absolute atomic E-state index is 5.95. The molecule has 2 aromatic carbocycles. The molecule has 0 spiro atoms. The van der Waals surface area contributed by atoms with Gasteiger partial charge in [-0.1, -0.05) is 32.0 Å². The average Bonchev–Trinajstić information content (AvgIpc) is 2.96. The molecule has 0 bridgehead atoms. The fourth-order valence-corrected chi connectivity index (χ4v) is 2.71. The smallest absolute Gasteiger partial charge is 0.147 e. The van der Waals surface area contributed by atoms with Gasteiger partial charge < -0.3 is 14.0 Å². The molecule has 24 heavy (non-hydrogen) atoms. The third-order valence-electron chi connectivity index (χ3n) is 4.07. The van der Waals surface area contributed by atoms with E-state index in [0.29, 0.717) is 12.5 Å². The van der Waals surface area contributed by atoms with Crippen molar-refractivity contribution in [2.75, 3.05) is 7.11 Å². The SMILES string of the molecule is COc1cccc(OCc2nc3ccccc3n2CCC(C)C)c1. The Kier molecular flexibility index (Phi) is 5.04. The van der Waals surface area contributed by atoms with Gasteiger partial charge in [0.1, 0.15) is 23.9 Å². The van der Waals surface area contributed by atoms with Crippen LogP contribution in [0.25, 0.3) is 11.0 Å². The van der Waals surface area contributed by atoms with Crippen LogP contribution in [0, 0.1) is 5.92 Å². The molecule has 0 atom stereocenters. The third kappa shape index (κ3) is 3.70. The molecule has 0 saturated heterocycles. The number of fused-ring (bicyclic) bond motifs is 1. The number of hydrogen-bond acceptors (Lipinski definition) is 3. The third-order valence-corrected chi connectivity index (χ3v) is 4.07. The molecule has 4 heteroatoms. The molecule has 0 aliphatic carbocycles. The van der Waals surface area contributed by atoms with E-state index >= 15 is 0 Å². The molecular formula is C20H24N2O2. The number of aryl methyl sites for hydroxylation is 1. The van der Waals surface area contributed by atoms with E-state index in [1.54, 1.807) is 7.11 Å². The number of para-hydroxylation sites is 2. The number of nitrogens with zero attached hydrogens (tertiary/aromatic N) is 2. The summed E-state index contributed by atoms with van der Waals surface area (Å²) in [5, 5.41) is 0. The Morgan fingerprint density at radius 3 is 2.62 bits per heavy atom. The summed E-state index contributed by atoms with van der Waals surface area (Å²) >= 11 is 0. The Balaban J connectivity index is 1.83. The molecule has 3 rings (SSSR count). The number of aromatic nitrogens is 2. The van der Waals surface area contributed by atoms with Gasteiger partial charge in [0.05, 0.1) is 18.1 Å². The van der Waals surface area contributed by atoms with Crippen LogP contribution in [0.3, 0.4) is 0 Å². The minimum Gasteiger partial charge on any atom is -0.497 e. The summed E-state index contributed by atoms with van der Waals surface area (Å²) in [6.45, 7) is 5.88. The molecule has 0 saturated carbocycles. The molecule has 0 fully saturated rings. The minimum atomic E-state index is 0.444. The Hall–Kier alpha value is -2.49. The number of ether oxygens (including phenoxy) is 2. The van der Waals surface area contributed by atoms with Crippen molar-refractivity contribution in [2.24, 2.45) is 5.92 Å². The first-order valence-electron chi connectivity index (χ1n) is 8.38. The van der Waals surface area contributed by atoms with Gasteiger partial charge in [-0.25, -0.2) is 4.98 Å². The minimum absolute atomic E-state index is 0.444. The van der Waals surface area contributed by atoms with Gasteiger partial charge in [0.2, 0.25) is 0 Å². The van der Waals surface area contributed by atoms with E-state index in [9.17, 15) is 0 Å². The van der Waals surface area contributed by atoms with Crippen LogP contribution < -0.4 is 9.47 Å². The maximum atomic E-state index is 5.95. The number of benzene rings is 2. The fraction of sp³-hybridized carbons (Fsp3) is 0.350. The second-order valence-electron chi connectivity index (χ2n) is 6.32. The Morgan fingerprint density at radius 1 is 1.04 bits per heavy atom. The zero-order chi connectivity index (χ0) is 16.9. The van der Waals surface area contributed by atoms with Crippen LogP contribution >= 0.6 is 0 Å². The Bertz CT molecular complexity index is 808. The molecule has 0 aliphatic heterocycles. The topological polar surface area (TPSA) is 36.3 Å². The van der Waals surface area contributed by atoms with Crippen molar-refractivity contribution >= 4 is 11.0 Å². The summed E-state index contributed by atoms with van der Waals surface area (Å²) in [4.78, 5) is 4.75. The monoisotopic (exact) mass is 324 g/mol. The molecule has 1 heterocycles. The highest BCUT2D eigenvalue weighted by Gasteiger charge is 2.11. The second-order valence-corrected chi connectivity index (χ2v) is 6.32. The van der Waals surface area contributed by atoms with Gasteiger partial charge in [-0.15, -0.1) is 0 Å². The van der Waals surface area contributed by atoms with Crippen molar-refractivity contribution in [3.8, 4) is 11.5 Å². The largest absolute Gasteiger partial charge is 0.497 e. The molecule has 0 N–H and O–H groups in total. The molecule has 0 amide bonds. The van der Waals surface area contributed by atoms with Crippen molar-refractivity contribution in [2.45, 2.75) is 33.4 Å². The molecule has 0 aliphatic rings. The Morgan fingerprint density at radius 2 is 1.83 bits per heavy atom. The molecule has 3 aromatic rings. The van der Waals surface area contributed by atoms with Gasteiger partial charge in [0.25, 0.3) is 0 Å². The second kappa shape index (κ2) is 7.39. The van der Waals surface area contributed by atoms with Gasteiger partial charge in [-0.3, -0.25) is 0 Å². The molecule has 1 aromatic heterocycles. The molecule has 126 valence electrons. The molecule has 0 unspecified atom stereocenters. The van der Waals surface area contributed by atoms with Gasteiger partial charge in [0, 0.05) is 12.6 Å². The lowest BCUT2D eigenvalue weighted by atomic mass is 10.1. The molecular weight excluding hydrogens is 300 g/mol. The highest BCUT2D eigenvalue weighted by molar-refractivity contribution is 5.75. The number of imidazole rings is 1. The number of rotatable bonds is 7. The van der Waals surface area contributed by atoms with E-state index in [1.165, 1.54) is 5.52 Å². The lowest BCUT2D eigenvalue weighted by molar-refractivity contribution is 0.287. The highest BCUT2D eigenvalue weighted by atomic mass is 16.5. The predicted molar refractivity (Wildman–Crippen MR) is 96.5 cm³/mol. The van der Waals surface area contributed by atoms with Gasteiger partial charge in [0.15, 0.2) is 0 Å². The summed E-state index contributed by atoms with van der Waals surface area (Å²) in [6.07, 6.45) is 1.12. The van der Waals surface area contributed by atoms with Crippen LogP contribution in [-0.4, -0.2) is 16.7 Å². The summed E-state index contributed by atoms with van der Waals surface area (Å²) < 4.78 is 13.5. The first-order valence-corrected chi connectivity index (χ1v) is 8.38. The fourth-order valence-electron chi connectivity index (χ4n) is 2.71. The van der Waals surface area contributed by atoms with E-state index in [2.05, 4.69) is 36.6 Å². The van der Waals surface area contributed by atoms with Crippen LogP contribution in [0.2, 0.25) is 0 Å². The number of hydrogen-bond donors (Lipinski definition) is 0. The molecule has 4 nitrogen and oxygen atoms in total. The lowest BCUT2D eigenvalue weighted by Crippen LogP contribution is -2.09. The van der Waals surface area contributed by atoms with E-state index in [4.69, 9.17) is 14.5 Å². The summed E-state index contributed by atoms with van der Waals surface area (Å²) in [5.74, 6) is 3.19. The normalized spacial score (nSPS) is 11.2. The first-order chi connectivity index (χ1) is 11.7. The summed E-state index contributed by atoms with van der Waals surface area (Å²) in [7, 11) is 1.66. The van der Waals surface area contributed by atoms with Crippen molar-refractivity contribution in [1.82, 2.24) is 9.55 Å². The van der Waals surface area contributed by atoms with E-state index in [0.717, 1.165) is 35.8 Å². The van der Waals surface area contributed by atoms with Crippen molar-refractivity contribution in [3.05, 3.63) is 54.4 Å². The van der Waals surface area contributed by atoms with Crippen LogP contribution in [0.15, 0.2) is 48.5 Å². The number of methoxy groups -OCH3 is 1. The highest BCUT2D eigenvalue weighted by Crippen LogP contribution is 2.22. The van der Waals surface area contributed by atoms with Gasteiger partial charge in [-0.2, -0.15) is 0 Å². The standard InChI is InChI=1S/C20H24N2O2/c1-15(2)11-12-22-19-10-5-4-9-18(19)21-20(22)14-24-17-8-6-7-16(13-17)23-3/h4-10,13,15H,11-12,14H2,1-3H3. The summed E-state index contributed by atoms with van der Waals surface area (Å²) in [5.41, 5.74) is 2.19. The predicted octanol–water partition coefficient (Wildman–Crippen LogP) is 4.67. The van der Waals surface area contributed by atoms with Crippen molar-refractivity contribution < 1.29 is 9.47 Å².